The van der Waals surface area contributed by atoms with Gasteiger partial charge in [0.2, 0.25) is 5.91 Å². The van der Waals surface area contributed by atoms with E-state index in [1.807, 2.05) is 24.3 Å². The standard InChI is InChI=1S/C22H21BrN2O3/c1-2-28-21(27)25-18-10-9-15(23)12-16(18)22(20(25)26)13-14-6-3-4-7-17(14)24-11-5-8-19(22)24/h3-4,6-7,9-10,12,19H,2,5,8,11,13H2,1H3/t19-,22-/m1/s1. The number of amides is 2. The summed E-state index contributed by atoms with van der Waals surface area (Å²) in [7, 11) is 0. The Morgan fingerprint density at radius 1 is 1.25 bits per heavy atom. The Labute approximate surface area is 172 Å². The first-order chi connectivity index (χ1) is 13.6. The highest BCUT2D eigenvalue weighted by atomic mass is 79.9. The lowest BCUT2D eigenvalue weighted by molar-refractivity contribution is -0.123. The zero-order valence-electron chi connectivity index (χ0n) is 15.7. The lowest BCUT2D eigenvalue weighted by Crippen LogP contribution is -2.58. The van der Waals surface area contributed by atoms with Crippen LogP contribution in [0.2, 0.25) is 0 Å². The quantitative estimate of drug-likeness (QED) is 0.658. The molecular formula is C22H21BrN2O3. The van der Waals surface area contributed by atoms with Crippen molar-refractivity contribution in [2.24, 2.45) is 0 Å². The van der Waals surface area contributed by atoms with E-state index in [9.17, 15) is 9.59 Å². The monoisotopic (exact) mass is 440 g/mol. The fourth-order valence-corrected chi connectivity index (χ4v) is 5.63. The van der Waals surface area contributed by atoms with Crippen molar-refractivity contribution in [1.82, 2.24) is 0 Å². The predicted octanol–water partition coefficient (Wildman–Crippen LogP) is 4.42. The summed E-state index contributed by atoms with van der Waals surface area (Å²) in [4.78, 5) is 30.3. The number of carbonyl (C=O) groups excluding carboxylic acids is 2. The average Bonchev–Trinajstić information content (AvgIpc) is 3.26. The molecular weight excluding hydrogens is 420 g/mol. The Morgan fingerprint density at radius 3 is 2.89 bits per heavy atom. The normalized spacial score (nSPS) is 24.9. The van der Waals surface area contributed by atoms with Crippen LogP contribution in [0.4, 0.5) is 16.2 Å². The van der Waals surface area contributed by atoms with Crippen LogP contribution in [0, 0.1) is 0 Å². The summed E-state index contributed by atoms with van der Waals surface area (Å²) in [6.07, 6.45) is 1.98. The summed E-state index contributed by atoms with van der Waals surface area (Å²) in [5, 5.41) is 0. The van der Waals surface area contributed by atoms with Crippen LogP contribution in [0.25, 0.3) is 0 Å². The number of benzene rings is 2. The third kappa shape index (κ3) is 2.24. The van der Waals surface area contributed by atoms with Crippen LogP contribution in [0.5, 0.6) is 0 Å². The maximum atomic E-state index is 13.9. The van der Waals surface area contributed by atoms with E-state index in [0.29, 0.717) is 12.1 Å². The minimum atomic E-state index is -0.767. The molecule has 0 bridgehead atoms. The topological polar surface area (TPSA) is 49.9 Å². The second-order valence-corrected chi connectivity index (χ2v) is 8.54. The molecule has 0 unspecified atom stereocenters. The number of fused-ring (bicyclic) bond motifs is 6. The number of para-hydroxylation sites is 1. The Bertz CT molecular complexity index is 991. The molecule has 0 aliphatic carbocycles. The highest BCUT2D eigenvalue weighted by Gasteiger charge is 2.61. The van der Waals surface area contributed by atoms with Crippen LogP contribution < -0.4 is 9.80 Å². The minimum Gasteiger partial charge on any atom is -0.449 e. The van der Waals surface area contributed by atoms with Gasteiger partial charge in [-0.2, -0.15) is 0 Å². The molecule has 2 aromatic carbocycles. The molecule has 5 rings (SSSR count). The van der Waals surface area contributed by atoms with Gasteiger partial charge in [0.1, 0.15) is 5.41 Å². The van der Waals surface area contributed by atoms with E-state index in [2.05, 4.69) is 39.0 Å². The lowest BCUT2D eigenvalue weighted by Gasteiger charge is -2.45. The van der Waals surface area contributed by atoms with E-state index in [1.165, 1.54) is 10.6 Å². The first-order valence-electron chi connectivity index (χ1n) is 9.74. The van der Waals surface area contributed by atoms with Crippen LogP contribution in [0.1, 0.15) is 30.9 Å². The van der Waals surface area contributed by atoms with E-state index in [1.54, 1.807) is 6.92 Å². The summed E-state index contributed by atoms with van der Waals surface area (Å²) in [6, 6.07) is 14.1. The number of nitrogens with zero attached hydrogens (tertiary/aromatic N) is 2. The fraction of sp³-hybridized carbons (Fsp3) is 0.364. The Kier molecular flexibility index (Phi) is 4.02. The van der Waals surface area contributed by atoms with Crippen molar-refractivity contribution in [1.29, 1.82) is 0 Å². The molecule has 28 heavy (non-hydrogen) atoms. The highest BCUT2D eigenvalue weighted by molar-refractivity contribution is 9.10. The molecule has 1 saturated heterocycles. The molecule has 0 N–H and O–H groups in total. The Hall–Kier alpha value is -2.34. The third-order valence-corrected chi connectivity index (χ3v) is 6.80. The van der Waals surface area contributed by atoms with Crippen molar-refractivity contribution >= 4 is 39.3 Å². The van der Waals surface area contributed by atoms with Crippen LogP contribution in [-0.2, 0) is 21.4 Å². The second-order valence-electron chi connectivity index (χ2n) is 7.63. The van der Waals surface area contributed by atoms with E-state index in [0.717, 1.165) is 35.0 Å². The molecule has 5 nitrogen and oxygen atoms in total. The molecule has 3 aliphatic rings. The molecule has 2 amide bonds. The predicted molar refractivity (Wildman–Crippen MR) is 111 cm³/mol. The van der Waals surface area contributed by atoms with Crippen LogP contribution in [0.15, 0.2) is 46.9 Å². The SMILES string of the molecule is CCOC(=O)N1C(=O)[C@]2(Cc3ccccc3N3CCC[C@@H]32)c2cc(Br)ccc21. The van der Waals surface area contributed by atoms with Crippen LogP contribution in [0.3, 0.4) is 0 Å². The molecule has 144 valence electrons. The van der Waals surface area contributed by atoms with Gasteiger partial charge in [-0.15, -0.1) is 0 Å². The molecule has 1 fully saturated rings. The highest BCUT2D eigenvalue weighted by Crippen LogP contribution is 2.54. The van der Waals surface area contributed by atoms with Gasteiger partial charge >= 0.3 is 6.09 Å². The Balaban J connectivity index is 1.74. The zero-order valence-corrected chi connectivity index (χ0v) is 17.2. The summed E-state index contributed by atoms with van der Waals surface area (Å²) in [5.41, 5.74) is 3.18. The maximum absolute atomic E-state index is 13.9. The molecule has 0 radical (unpaired) electrons. The summed E-state index contributed by atoms with van der Waals surface area (Å²) < 4.78 is 6.15. The van der Waals surface area contributed by atoms with Crippen molar-refractivity contribution < 1.29 is 14.3 Å². The largest absolute Gasteiger partial charge is 0.449 e. The molecule has 3 aliphatic heterocycles. The maximum Gasteiger partial charge on any atom is 0.421 e. The van der Waals surface area contributed by atoms with Gasteiger partial charge in [0.15, 0.2) is 0 Å². The van der Waals surface area contributed by atoms with Crippen molar-refractivity contribution in [3.05, 3.63) is 58.1 Å². The molecule has 0 aromatic heterocycles. The number of carbonyl (C=O) groups is 2. The molecule has 1 spiro atoms. The van der Waals surface area contributed by atoms with E-state index in [-0.39, 0.29) is 18.6 Å². The zero-order chi connectivity index (χ0) is 19.5. The van der Waals surface area contributed by atoms with Crippen molar-refractivity contribution in [3.8, 4) is 0 Å². The smallest absolute Gasteiger partial charge is 0.421 e. The van der Waals surface area contributed by atoms with E-state index in [4.69, 9.17) is 4.74 Å². The van der Waals surface area contributed by atoms with Gasteiger partial charge < -0.3 is 9.64 Å². The minimum absolute atomic E-state index is 0.0439. The van der Waals surface area contributed by atoms with Crippen LogP contribution >= 0.6 is 15.9 Å². The molecule has 2 aromatic rings. The molecule has 2 atom stereocenters. The lowest BCUT2D eigenvalue weighted by atomic mass is 9.67. The number of anilines is 2. The number of rotatable bonds is 1. The van der Waals surface area contributed by atoms with Gasteiger partial charge in [0, 0.05) is 22.7 Å². The second kappa shape index (κ2) is 6.34. The van der Waals surface area contributed by atoms with Gasteiger partial charge in [-0.1, -0.05) is 34.1 Å². The van der Waals surface area contributed by atoms with Gasteiger partial charge in [-0.25, -0.2) is 9.69 Å². The molecule has 6 heteroatoms. The van der Waals surface area contributed by atoms with Crippen molar-refractivity contribution in [2.45, 2.75) is 37.6 Å². The third-order valence-electron chi connectivity index (χ3n) is 6.31. The number of hydrogen-bond acceptors (Lipinski definition) is 4. The van der Waals surface area contributed by atoms with Crippen molar-refractivity contribution in [2.75, 3.05) is 23.0 Å². The van der Waals surface area contributed by atoms with Gasteiger partial charge in [-0.05, 0) is 61.6 Å². The fourth-order valence-electron chi connectivity index (χ4n) is 5.27. The molecule has 0 saturated carbocycles. The van der Waals surface area contributed by atoms with E-state index < -0.39 is 11.5 Å². The first-order valence-corrected chi connectivity index (χ1v) is 10.5. The first kappa shape index (κ1) is 17.7. The van der Waals surface area contributed by atoms with Crippen LogP contribution in [-0.4, -0.2) is 31.2 Å². The Morgan fingerprint density at radius 2 is 2.07 bits per heavy atom. The number of imide groups is 1. The van der Waals surface area contributed by atoms with Gasteiger partial charge in [0.05, 0.1) is 12.3 Å². The van der Waals surface area contributed by atoms with E-state index >= 15 is 0 Å². The number of hydrogen-bond donors (Lipinski definition) is 0. The molecule has 3 heterocycles. The number of halogens is 1. The van der Waals surface area contributed by atoms with Crippen molar-refractivity contribution in [3.63, 3.8) is 0 Å². The summed E-state index contributed by atoms with van der Waals surface area (Å²) >= 11 is 3.57. The average molecular weight is 441 g/mol. The van der Waals surface area contributed by atoms with Gasteiger partial charge in [0.25, 0.3) is 0 Å². The number of ether oxygens (including phenoxy) is 1. The summed E-state index contributed by atoms with van der Waals surface area (Å²) in [6.45, 7) is 2.92. The van der Waals surface area contributed by atoms with Gasteiger partial charge in [-0.3, -0.25) is 4.79 Å². The summed E-state index contributed by atoms with van der Waals surface area (Å²) in [5.74, 6) is -0.162.